The van der Waals surface area contributed by atoms with Gasteiger partial charge in [-0.25, -0.2) is 9.97 Å². The average Bonchev–Trinajstić information content (AvgIpc) is 3.65. The standard InChI is InChI=1S/C50H70N6O5S2/c57-44(31-34-13-11-29-55(32-34)42-25-23-40(45(58)51-36-15-3-1-4-16-36)47(53-42)62-38-19-7-8-20-38)61-49(60)50(27-28-50)35-14-12-30-56(33-35)43-26-24-41(46(59)52-37-17-5-2-6-18-37)48(54-43)63-39-21-9-10-22-39/h23-26,34-39H,1-22,27-33H2,(H,51,58)(H,52,59)/t34-,35?/m1/s1. The van der Waals surface area contributed by atoms with Crippen molar-refractivity contribution in [2.75, 3.05) is 36.0 Å². The third-order valence-corrected chi connectivity index (χ3v) is 18.1. The third kappa shape index (κ3) is 11.2. The summed E-state index contributed by atoms with van der Waals surface area (Å²) in [4.78, 5) is 69.6. The zero-order valence-electron chi connectivity index (χ0n) is 37.4. The molecule has 0 aromatic carbocycles. The number of amides is 2. The fourth-order valence-corrected chi connectivity index (χ4v) is 14.2. The molecule has 5 saturated carbocycles. The van der Waals surface area contributed by atoms with E-state index in [-0.39, 0.29) is 48.1 Å². The first-order chi connectivity index (χ1) is 30.8. The van der Waals surface area contributed by atoms with E-state index in [4.69, 9.17) is 14.7 Å². The predicted molar refractivity (Wildman–Crippen MR) is 251 cm³/mol. The Balaban J connectivity index is 0.813. The number of nitrogens with zero attached hydrogens (tertiary/aromatic N) is 4. The molecule has 7 fully saturated rings. The van der Waals surface area contributed by atoms with Crippen LogP contribution in [0.1, 0.15) is 181 Å². The molecule has 9 rings (SSSR count). The number of pyridine rings is 2. The van der Waals surface area contributed by atoms with Crippen LogP contribution in [0.4, 0.5) is 11.6 Å². The van der Waals surface area contributed by atoms with E-state index in [0.717, 1.165) is 125 Å². The zero-order valence-corrected chi connectivity index (χ0v) is 39.1. The fourth-order valence-electron chi connectivity index (χ4n) is 11.6. The van der Waals surface area contributed by atoms with Crippen LogP contribution in [0.25, 0.3) is 0 Å². The van der Waals surface area contributed by atoms with E-state index in [1.807, 2.05) is 24.3 Å². The van der Waals surface area contributed by atoms with E-state index in [1.165, 1.54) is 64.2 Å². The number of hydrogen-bond acceptors (Lipinski definition) is 11. The summed E-state index contributed by atoms with van der Waals surface area (Å²) in [5, 5.41) is 9.25. The largest absolute Gasteiger partial charge is 0.393 e. The Morgan fingerprint density at radius 2 is 1.06 bits per heavy atom. The Kier molecular flexibility index (Phi) is 14.9. The van der Waals surface area contributed by atoms with E-state index < -0.39 is 11.4 Å². The summed E-state index contributed by atoms with van der Waals surface area (Å²) < 4.78 is 5.77. The molecule has 2 atom stereocenters. The zero-order chi connectivity index (χ0) is 43.2. The normalized spacial score (nSPS) is 24.9. The van der Waals surface area contributed by atoms with Crippen molar-refractivity contribution in [1.29, 1.82) is 0 Å². The van der Waals surface area contributed by atoms with Crippen molar-refractivity contribution in [3.63, 3.8) is 0 Å². The van der Waals surface area contributed by atoms with Crippen LogP contribution in [-0.4, -0.2) is 82.5 Å². The molecule has 0 radical (unpaired) electrons. The highest BCUT2D eigenvalue weighted by Gasteiger charge is 2.58. The van der Waals surface area contributed by atoms with Gasteiger partial charge in [0.05, 0.1) is 23.0 Å². The number of aromatic nitrogens is 2. The van der Waals surface area contributed by atoms with Crippen molar-refractivity contribution in [3.05, 3.63) is 35.4 Å². The van der Waals surface area contributed by atoms with Gasteiger partial charge in [-0.1, -0.05) is 64.2 Å². The molecule has 5 aliphatic carbocycles. The molecule has 2 aromatic rings. The summed E-state index contributed by atoms with van der Waals surface area (Å²) in [6.07, 6.45) is 26.2. The van der Waals surface area contributed by atoms with Crippen molar-refractivity contribution in [1.82, 2.24) is 20.6 Å². The lowest BCUT2D eigenvalue weighted by atomic mass is 9.82. The van der Waals surface area contributed by atoms with Gasteiger partial charge >= 0.3 is 11.9 Å². The van der Waals surface area contributed by atoms with Gasteiger partial charge < -0.3 is 25.2 Å². The van der Waals surface area contributed by atoms with Crippen molar-refractivity contribution >= 4 is 58.9 Å². The van der Waals surface area contributed by atoms with Crippen LogP contribution in [0.3, 0.4) is 0 Å². The molecular formula is C50H70N6O5S2. The highest BCUT2D eigenvalue weighted by Crippen LogP contribution is 2.56. The number of nitrogens with one attached hydrogen (secondary N) is 2. The van der Waals surface area contributed by atoms with E-state index >= 15 is 0 Å². The lowest BCUT2D eigenvalue weighted by molar-refractivity contribution is -0.166. The molecule has 2 saturated heterocycles. The highest BCUT2D eigenvalue weighted by atomic mass is 32.2. The maximum Gasteiger partial charge on any atom is 0.320 e. The molecule has 0 bridgehead atoms. The maximum atomic E-state index is 13.9. The number of carbonyl (C=O) groups excluding carboxylic acids is 4. The summed E-state index contributed by atoms with van der Waals surface area (Å²) in [6, 6.07) is 8.40. The van der Waals surface area contributed by atoms with Crippen molar-refractivity contribution in [2.24, 2.45) is 17.3 Å². The van der Waals surface area contributed by atoms with Gasteiger partial charge in [-0.05, 0) is 126 Å². The van der Waals surface area contributed by atoms with Crippen LogP contribution < -0.4 is 20.4 Å². The van der Waals surface area contributed by atoms with Crippen LogP contribution in [0, 0.1) is 17.3 Å². The minimum absolute atomic E-state index is 0.00736. The third-order valence-electron chi connectivity index (χ3n) is 15.4. The van der Waals surface area contributed by atoms with Gasteiger partial charge in [-0.15, -0.1) is 23.5 Å². The van der Waals surface area contributed by atoms with Crippen molar-refractivity contribution < 1.29 is 23.9 Å². The van der Waals surface area contributed by atoms with Crippen LogP contribution in [0.2, 0.25) is 0 Å². The minimum atomic E-state index is -0.628. The number of esters is 2. The fraction of sp³-hybridized carbons (Fsp3) is 0.720. The molecule has 7 aliphatic rings. The lowest BCUT2D eigenvalue weighted by Crippen LogP contribution is -2.43. The Hall–Kier alpha value is -3.32. The molecule has 2 N–H and O–H groups in total. The number of piperidine rings is 2. The minimum Gasteiger partial charge on any atom is -0.393 e. The summed E-state index contributed by atoms with van der Waals surface area (Å²) in [7, 11) is 0. The lowest BCUT2D eigenvalue weighted by Gasteiger charge is -2.37. The summed E-state index contributed by atoms with van der Waals surface area (Å²) in [6.45, 7) is 3.03. The summed E-state index contributed by atoms with van der Waals surface area (Å²) in [5.74, 6) is 1.05. The number of ether oxygens (including phenoxy) is 1. The van der Waals surface area contributed by atoms with Gasteiger partial charge in [0.2, 0.25) is 0 Å². The molecule has 1 unspecified atom stereocenters. The molecule has 4 heterocycles. The number of carbonyl (C=O) groups is 4. The highest BCUT2D eigenvalue weighted by molar-refractivity contribution is 8.00. The molecule has 13 heteroatoms. The molecular weight excluding hydrogens is 829 g/mol. The number of rotatable bonds is 14. The molecule has 2 aromatic heterocycles. The SMILES string of the molecule is O=C(C[C@H]1CCCN(c2ccc(C(=O)NC3CCCCC3)c(SC3CCCC3)n2)C1)OC(=O)C1(C2CCCN(c3ccc(C(=O)NC4CCCCC4)c(SC4CCCC4)n3)C2)CC1. The van der Waals surface area contributed by atoms with E-state index in [1.54, 1.807) is 23.5 Å². The number of thioether (sulfide) groups is 2. The Labute approximate surface area is 383 Å². The average molecular weight is 899 g/mol. The maximum absolute atomic E-state index is 13.9. The van der Waals surface area contributed by atoms with Gasteiger partial charge in [0.1, 0.15) is 21.7 Å². The Morgan fingerprint density at radius 1 is 0.587 bits per heavy atom. The first-order valence-electron chi connectivity index (χ1n) is 25.0. The van der Waals surface area contributed by atoms with E-state index in [9.17, 15) is 19.2 Å². The van der Waals surface area contributed by atoms with Gasteiger partial charge in [-0.2, -0.15) is 0 Å². The summed E-state index contributed by atoms with van der Waals surface area (Å²) >= 11 is 3.53. The molecule has 2 amide bonds. The quantitative estimate of drug-likeness (QED) is 0.139. The smallest absolute Gasteiger partial charge is 0.320 e. The number of anilines is 2. The Morgan fingerprint density at radius 3 is 1.57 bits per heavy atom. The van der Waals surface area contributed by atoms with Crippen LogP contribution >= 0.6 is 23.5 Å². The molecule has 11 nitrogen and oxygen atoms in total. The second kappa shape index (κ2) is 20.9. The van der Waals surface area contributed by atoms with E-state index in [0.29, 0.717) is 34.7 Å². The monoisotopic (exact) mass is 898 g/mol. The first kappa shape index (κ1) is 44.9. The number of hydrogen-bond donors (Lipinski definition) is 2. The second-order valence-corrected chi connectivity index (χ2v) is 22.6. The van der Waals surface area contributed by atoms with Crippen molar-refractivity contribution in [2.45, 2.75) is 193 Å². The van der Waals surface area contributed by atoms with Gasteiger partial charge in [0.15, 0.2) is 0 Å². The summed E-state index contributed by atoms with van der Waals surface area (Å²) in [5.41, 5.74) is 0.734. The molecule has 342 valence electrons. The molecule has 0 spiro atoms. The van der Waals surface area contributed by atoms with Gasteiger partial charge in [-0.3, -0.25) is 19.2 Å². The predicted octanol–water partition coefficient (Wildman–Crippen LogP) is 10.0. The topological polar surface area (TPSA) is 134 Å². The second-order valence-electron chi connectivity index (χ2n) is 20.1. The van der Waals surface area contributed by atoms with Crippen LogP contribution in [0.15, 0.2) is 34.3 Å². The van der Waals surface area contributed by atoms with Gasteiger partial charge in [0, 0.05) is 48.8 Å². The molecule has 2 aliphatic heterocycles. The molecule has 63 heavy (non-hydrogen) atoms. The Bertz CT molecular complexity index is 1940. The van der Waals surface area contributed by atoms with Gasteiger partial charge in [0.25, 0.3) is 11.8 Å². The van der Waals surface area contributed by atoms with Crippen LogP contribution in [0.5, 0.6) is 0 Å². The van der Waals surface area contributed by atoms with Crippen molar-refractivity contribution in [3.8, 4) is 0 Å². The first-order valence-corrected chi connectivity index (χ1v) is 26.8. The van der Waals surface area contributed by atoms with Crippen LogP contribution in [-0.2, 0) is 14.3 Å². The van der Waals surface area contributed by atoms with E-state index in [2.05, 4.69) is 20.4 Å².